The number of ether oxygens (including phenoxy) is 1. The lowest BCUT2D eigenvalue weighted by Crippen LogP contribution is -2.17. The summed E-state index contributed by atoms with van der Waals surface area (Å²) < 4.78 is 20.7. The predicted octanol–water partition coefficient (Wildman–Crippen LogP) is 6.37. The van der Waals surface area contributed by atoms with Crippen molar-refractivity contribution in [1.82, 2.24) is 0 Å². The van der Waals surface area contributed by atoms with E-state index in [4.69, 9.17) is 4.74 Å². The fourth-order valence-electron chi connectivity index (χ4n) is 2.75. The Labute approximate surface area is 184 Å². The van der Waals surface area contributed by atoms with Crippen molar-refractivity contribution in [2.75, 3.05) is 10.6 Å². The minimum Gasteiger partial charge on any atom is -0.488 e. The van der Waals surface area contributed by atoms with Gasteiger partial charge in [0.15, 0.2) is 0 Å². The second kappa shape index (κ2) is 10.3. The highest BCUT2D eigenvalue weighted by molar-refractivity contribution is 9.10. The van der Waals surface area contributed by atoms with Crippen LogP contribution in [0.4, 0.5) is 15.8 Å². The van der Waals surface area contributed by atoms with E-state index in [0.717, 1.165) is 21.4 Å². The number of halogens is 2. The third kappa shape index (κ3) is 6.07. The van der Waals surface area contributed by atoms with Gasteiger partial charge in [0.05, 0.1) is 0 Å². The molecule has 6 heteroatoms. The molecule has 0 heterocycles. The molecule has 3 aromatic rings. The zero-order valence-electron chi connectivity index (χ0n) is 16.9. The molecule has 156 valence electrons. The second-order valence-electron chi connectivity index (χ2n) is 7.21. The van der Waals surface area contributed by atoms with Gasteiger partial charge in [0.25, 0.3) is 0 Å². The third-order valence-corrected chi connectivity index (χ3v) is 5.02. The molecule has 2 N–H and O–H groups in total. The molecule has 0 aliphatic carbocycles. The average Bonchev–Trinajstić information content (AvgIpc) is 2.73. The Hall–Kier alpha value is -2.86. The van der Waals surface area contributed by atoms with Gasteiger partial charge < -0.3 is 15.4 Å². The largest absolute Gasteiger partial charge is 0.488 e. The van der Waals surface area contributed by atoms with Crippen LogP contribution in [-0.2, 0) is 17.9 Å². The van der Waals surface area contributed by atoms with Crippen molar-refractivity contribution < 1.29 is 13.9 Å². The van der Waals surface area contributed by atoms with Gasteiger partial charge in [-0.05, 0) is 48.5 Å². The number of benzene rings is 3. The highest BCUT2D eigenvalue weighted by Gasteiger charge is 2.09. The first-order valence-corrected chi connectivity index (χ1v) is 10.5. The maximum Gasteiger partial charge on any atom is 0.226 e. The summed E-state index contributed by atoms with van der Waals surface area (Å²) in [4.78, 5) is 11.8. The highest BCUT2D eigenvalue weighted by Crippen LogP contribution is 2.26. The molecule has 0 aromatic heterocycles. The van der Waals surface area contributed by atoms with Crippen LogP contribution in [0.3, 0.4) is 0 Å². The predicted molar refractivity (Wildman–Crippen MR) is 122 cm³/mol. The van der Waals surface area contributed by atoms with Crippen molar-refractivity contribution in [3.63, 3.8) is 0 Å². The Balaban J connectivity index is 1.64. The molecule has 0 bridgehead atoms. The Morgan fingerprint density at radius 1 is 1.00 bits per heavy atom. The fraction of sp³-hybridized carbons (Fsp3) is 0.208. The van der Waals surface area contributed by atoms with Gasteiger partial charge in [-0.2, -0.15) is 0 Å². The third-order valence-electron chi connectivity index (χ3n) is 4.52. The summed E-state index contributed by atoms with van der Waals surface area (Å²) in [7, 11) is 0. The van der Waals surface area contributed by atoms with E-state index >= 15 is 0 Å². The van der Waals surface area contributed by atoms with Gasteiger partial charge >= 0.3 is 0 Å². The number of hydrogen-bond acceptors (Lipinski definition) is 3. The summed E-state index contributed by atoms with van der Waals surface area (Å²) in [5.74, 6) is 0.331. The zero-order valence-corrected chi connectivity index (χ0v) is 18.5. The van der Waals surface area contributed by atoms with Crippen molar-refractivity contribution >= 4 is 33.2 Å². The van der Waals surface area contributed by atoms with Gasteiger partial charge in [0, 0.05) is 39.4 Å². The quantitative estimate of drug-likeness (QED) is 0.401. The van der Waals surface area contributed by atoms with Crippen LogP contribution in [0.5, 0.6) is 5.75 Å². The standard InChI is InChI=1S/C24H24BrFN2O2/c1-16(2)24(29)28-21-10-8-20(9-11-21)27-14-18-13-19(25)7-12-23(18)30-15-17-5-3-4-6-22(17)26/h3-13,16,27H,14-15H2,1-2H3,(H,28,29). The van der Waals surface area contributed by atoms with Crippen molar-refractivity contribution in [1.29, 1.82) is 0 Å². The zero-order chi connectivity index (χ0) is 21.5. The van der Waals surface area contributed by atoms with Crippen molar-refractivity contribution in [3.05, 3.63) is 88.1 Å². The summed E-state index contributed by atoms with van der Waals surface area (Å²) in [5, 5.41) is 6.23. The monoisotopic (exact) mass is 470 g/mol. The lowest BCUT2D eigenvalue weighted by atomic mass is 10.1. The normalized spacial score (nSPS) is 10.7. The number of anilines is 2. The van der Waals surface area contributed by atoms with E-state index in [2.05, 4.69) is 26.6 Å². The smallest absolute Gasteiger partial charge is 0.226 e. The molecule has 1 amide bonds. The van der Waals surface area contributed by atoms with E-state index in [1.807, 2.05) is 56.3 Å². The molecule has 0 atom stereocenters. The Kier molecular flexibility index (Phi) is 7.46. The number of hydrogen-bond donors (Lipinski definition) is 2. The van der Waals surface area contributed by atoms with Crippen molar-refractivity contribution in [2.45, 2.75) is 27.0 Å². The maximum absolute atomic E-state index is 13.9. The Morgan fingerprint density at radius 2 is 1.70 bits per heavy atom. The van der Waals surface area contributed by atoms with Gasteiger partial charge in [-0.15, -0.1) is 0 Å². The first-order valence-electron chi connectivity index (χ1n) is 9.72. The molecule has 4 nitrogen and oxygen atoms in total. The second-order valence-corrected chi connectivity index (χ2v) is 8.12. The van der Waals surface area contributed by atoms with E-state index in [-0.39, 0.29) is 24.2 Å². The van der Waals surface area contributed by atoms with Crippen LogP contribution < -0.4 is 15.4 Å². The summed E-state index contributed by atoms with van der Waals surface area (Å²) in [6, 6.07) is 19.9. The number of carbonyl (C=O) groups excluding carboxylic acids is 1. The van der Waals surface area contributed by atoms with E-state index < -0.39 is 0 Å². The van der Waals surface area contributed by atoms with Gasteiger partial charge in [-0.25, -0.2) is 4.39 Å². The first kappa shape index (κ1) is 21.8. The van der Waals surface area contributed by atoms with E-state index in [0.29, 0.717) is 17.9 Å². The summed E-state index contributed by atoms with van der Waals surface area (Å²) >= 11 is 3.49. The van der Waals surface area contributed by atoms with Crippen LogP contribution in [0.25, 0.3) is 0 Å². The Morgan fingerprint density at radius 3 is 2.40 bits per heavy atom. The van der Waals surface area contributed by atoms with Crippen LogP contribution >= 0.6 is 15.9 Å². The molecule has 3 aromatic carbocycles. The minimum absolute atomic E-state index is 0.0125. The molecule has 3 rings (SSSR count). The van der Waals surface area contributed by atoms with E-state index in [9.17, 15) is 9.18 Å². The molecule has 0 radical (unpaired) electrons. The number of carbonyl (C=O) groups is 1. The number of amides is 1. The topological polar surface area (TPSA) is 50.4 Å². The molecule has 0 unspecified atom stereocenters. The summed E-state index contributed by atoms with van der Waals surface area (Å²) in [6.45, 7) is 4.40. The van der Waals surface area contributed by atoms with E-state index in [1.54, 1.807) is 18.2 Å². The molecule has 30 heavy (non-hydrogen) atoms. The van der Waals surface area contributed by atoms with Gasteiger partial charge in [0.1, 0.15) is 18.2 Å². The number of rotatable bonds is 8. The van der Waals surface area contributed by atoms with Crippen LogP contribution in [0.1, 0.15) is 25.0 Å². The Bertz CT molecular complexity index is 1010. The molecule has 0 fully saturated rings. The summed E-state index contributed by atoms with van der Waals surface area (Å²) in [5.41, 5.74) is 3.13. The lowest BCUT2D eigenvalue weighted by molar-refractivity contribution is -0.118. The molecular weight excluding hydrogens is 447 g/mol. The number of nitrogens with one attached hydrogen (secondary N) is 2. The van der Waals surface area contributed by atoms with Crippen LogP contribution in [-0.4, -0.2) is 5.91 Å². The van der Waals surface area contributed by atoms with Crippen LogP contribution in [0.2, 0.25) is 0 Å². The van der Waals surface area contributed by atoms with Gasteiger partial charge in [0.2, 0.25) is 5.91 Å². The average molecular weight is 471 g/mol. The fourth-order valence-corrected chi connectivity index (χ4v) is 3.16. The van der Waals surface area contributed by atoms with Gasteiger partial charge in [-0.3, -0.25) is 4.79 Å². The maximum atomic E-state index is 13.9. The summed E-state index contributed by atoms with van der Waals surface area (Å²) in [6.07, 6.45) is 0. The molecule has 0 spiro atoms. The SMILES string of the molecule is CC(C)C(=O)Nc1ccc(NCc2cc(Br)ccc2OCc2ccccc2F)cc1. The molecule has 0 aliphatic rings. The van der Waals surface area contributed by atoms with Crippen LogP contribution in [0.15, 0.2) is 71.2 Å². The molecule has 0 saturated carbocycles. The van der Waals surface area contributed by atoms with E-state index in [1.165, 1.54) is 6.07 Å². The van der Waals surface area contributed by atoms with Crippen LogP contribution in [0, 0.1) is 11.7 Å². The lowest BCUT2D eigenvalue weighted by Gasteiger charge is -2.14. The van der Waals surface area contributed by atoms with Crippen molar-refractivity contribution in [2.24, 2.45) is 5.92 Å². The molecule has 0 aliphatic heterocycles. The minimum atomic E-state index is -0.279. The van der Waals surface area contributed by atoms with Gasteiger partial charge in [-0.1, -0.05) is 48.0 Å². The molecule has 0 saturated heterocycles. The first-order chi connectivity index (χ1) is 14.4. The molecular formula is C24H24BrFN2O2. The van der Waals surface area contributed by atoms with Crippen molar-refractivity contribution in [3.8, 4) is 5.75 Å². The highest BCUT2D eigenvalue weighted by atomic mass is 79.9.